The third kappa shape index (κ3) is 5.13. The van der Waals surface area contributed by atoms with Gasteiger partial charge in [-0.15, -0.1) is 12.4 Å². The van der Waals surface area contributed by atoms with Crippen molar-refractivity contribution < 1.29 is 0 Å². The highest BCUT2D eigenvalue weighted by molar-refractivity contribution is 5.85. The molecule has 158 valence electrons. The number of benzene rings is 2. The average molecular weight is 415 g/mol. The molecular weight excluding hydrogens is 380 g/mol. The van der Waals surface area contributed by atoms with Gasteiger partial charge in [-0.05, 0) is 50.2 Å². The number of nitrogens with zero attached hydrogens (tertiary/aromatic N) is 3. The zero-order valence-corrected chi connectivity index (χ0v) is 18.5. The monoisotopic (exact) mass is 414 g/mol. The van der Waals surface area contributed by atoms with E-state index in [1.807, 2.05) is 0 Å². The van der Waals surface area contributed by atoms with E-state index in [0.717, 1.165) is 19.6 Å². The molecule has 2 heterocycles. The lowest BCUT2D eigenvalue weighted by Crippen LogP contribution is -2.42. The number of hydrogen-bond acceptors (Lipinski definition) is 4. The number of piperidine rings is 1. The van der Waals surface area contributed by atoms with Crippen molar-refractivity contribution in [2.45, 2.75) is 37.4 Å². The van der Waals surface area contributed by atoms with Gasteiger partial charge in [0, 0.05) is 50.4 Å². The van der Waals surface area contributed by atoms with Crippen molar-refractivity contribution in [3.63, 3.8) is 0 Å². The molecule has 2 fully saturated rings. The molecule has 2 atom stereocenters. The first-order valence-electron chi connectivity index (χ1n) is 10.6. The Balaban J connectivity index is 0.00000240. The first kappa shape index (κ1) is 22.1. The molecule has 29 heavy (non-hydrogen) atoms. The van der Waals surface area contributed by atoms with E-state index in [1.54, 1.807) is 0 Å². The molecule has 2 saturated heterocycles. The van der Waals surface area contributed by atoms with E-state index in [2.05, 4.69) is 83.4 Å². The van der Waals surface area contributed by atoms with Gasteiger partial charge in [-0.25, -0.2) is 0 Å². The Morgan fingerprint density at radius 1 is 0.966 bits per heavy atom. The van der Waals surface area contributed by atoms with Crippen LogP contribution < -0.4 is 10.6 Å². The van der Waals surface area contributed by atoms with Crippen molar-refractivity contribution in [2.75, 3.05) is 45.2 Å². The van der Waals surface area contributed by atoms with Crippen LogP contribution >= 0.6 is 12.4 Å². The van der Waals surface area contributed by atoms with E-state index >= 15 is 0 Å². The number of likely N-dealkylation sites (tertiary alicyclic amines) is 2. The summed E-state index contributed by atoms with van der Waals surface area (Å²) in [5.41, 5.74) is 10.7. The number of anilines is 1. The molecule has 0 radical (unpaired) electrons. The van der Waals surface area contributed by atoms with Crippen molar-refractivity contribution in [1.82, 2.24) is 9.80 Å². The van der Waals surface area contributed by atoms with Crippen molar-refractivity contribution in [3.8, 4) is 0 Å². The summed E-state index contributed by atoms with van der Waals surface area (Å²) < 4.78 is 0. The third-order valence-electron chi connectivity index (χ3n) is 6.67. The zero-order chi connectivity index (χ0) is 19.5. The van der Waals surface area contributed by atoms with Crippen molar-refractivity contribution in [1.29, 1.82) is 0 Å². The van der Waals surface area contributed by atoms with E-state index in [0.29, 0.717) is 12.0 Å². The minimum atomic E-state index is 0. The molecule has 2 aliphatic rings. The molecule has 4 nitrogen and oxygen atoms in total. The van der Waals surface area contributed by atoms with Gasteiger partial charge < -0.3 is 15.5 Å². The molecule has 5 heteroatoms. The lowest BCUT2D eigenvalue weighted by atomic mass is 9.95. The summed E-state index contributed by atoms with van der Waals surface area (Å²) >= 11 is 0. The van der Waals surface area contributed by atoms with E-state index in [9.17, 15) is 0 Å². The highest BCUT2D eigenvalue weighted by atomic mass is 35.5. The molecule has 0 bridgehead atoms. The van der Waals surface area contributed by atoms with Gasteiger partial charge in [-0.2, -0.15) is 0 Å². The van der Waals surface area contributed by atoms with Gasteiger partial charge in [0.1, 0.15) is 0 Å². The van der Waals surface area contributed by atoms with Gasteiger partial charge in [0.15, 0.2) is 0 Å². The van der Waals surface area contributed by atoms with Crippen LogP contribution in [0.5, 0.6) is 0 Å². The van der Waals surface area contributed by atoms with Crippen LogP contribution in [0.2, 0.25) is 0 Å². The standard InChI is InChI=1S/C24H34N4.ClH/c1-26-14-12-21(13-15-26)27(2)24-11-7-6-10-20(24)16-28-17-22(23(25)18-28)19-8-4-3-5-9-19;/h3-11,21-23H,12-18,25H2,1-2H3;1H/t22-,23+;/m0./s1. The molecule has 2 N–H and O–H groups in total. The maximum atomic E-state index is 6.53. The quantitative estimate of drug-likeness (QED) is 0.811. The van der Waals surface area contributed by atoms with E-state index < -0.39 is 0 Å². The fourth-order valence-corrected chi connectivity index (χ4v) is 4.90. The fourth-order valence-electron chi connectivity index (χ4n) is 4.90. The van der Waals surface area contributed by atoms with Crippen LogP contribution in [0.25, 0.3) is 0 Å². The van der Waals surface area contributed by atoms with E-state index in [1.165, 1.54) is 42.7 Å². The number of nitrogens with two attached hydrogens (primary N) is 1. The molecule has 0 spiro atoms. The molecule has 0 aromatic heterocycles. The largest absolute Gasteiger partial charge is 0.371 e. The maximum absolute atomic E-state index is 6.53. The third-order valence-corrected chi connectivity index (χ3v) is 6.67. The molecule has 0 unspecified atom stereocenters. The molecule has 2 aromatic carbocycles. The van der Waals surface area contributed by atoms with Crippen LogP contribution in [-0.4, -0.2) is 62.2 Å². The Kier molecular flexibility index (Phi) is 7.58. The lowest BCUT2D eigenvalue weighted by molar-refractivity contribution is 0.252. The Bertz CT molecular complexity index is 760. The van der Waals surface area contributed by atoms with Gasteiger partial charge in [0.25, 0.3) is 0 Å². The second-order valence-corrected chi connectivity index (χ2v) is 8.65. The highest BCUT2D eigenvalue weighted by Gasteiger charge is 2.31. The minimum Gasteiger partial charge on any atom is -0.371 e. The summed E-state index contributed by atoms with van der Waals surface area (Å²) in [6.07, 6.45) is 2.48. The van der Waals surface area contributed by atoms with Crippen LogP contribution in [-0.2, 0) is 6.54 Å². The first-order chi connectivity index (χ1) is 13.6. The molecule has 4 rings (SSSR count). The summed E-state index contributed by atoms with van der Waals surface area (Å²) in [7, 11) is 4.50. The molecule has 0 aliphatic carbocycles. The number of para-hydroxylation sites is 1. The summed E-state index contributed by atoms with van der Waals surface area (Å²) in [4.78, 5) is 7.49. The molecule has 2 aliphatic heterocycles. The van der Waals surface area contributed by atoms with Crippen LogP contribution in [0, 0.1) is 0 Å². The smallest absolute Gasteiger partial charge is 0.0411 e. The first-order valence-corrected chi connectivity index (χ1v) is 10.6. The fraction of sp³-hybridized carbons (Fsp3) is 0.500. The summed E-state index contributed by atoms with van der Waals surface area (Å²) in [5, 5.41) is 0. The van der Waals surface area contributed by atoms with E-state index in [4.69, 9.17) is 5.73 Å². The second kappa shape index (κ2) is 9.94. The average Bonchev–Trinajstić information content (AvgIpc) is 3.09. The molecule has 0 amide bonds. The highest BCUT2D eigenvalue weighted by Crippen LogP contribution is 2.30. The van der Waals surface area contributed by atoms with E-state index in [-0.39, 0.29) is 18.4 Å². The maximum Gasteiger partial charge on any atom is 0.0411 e. The van der Waals surface area contributed by atoms with Crippen LogP contribution in [0.1, 0.15) is 29.9 Å². The van der Waals surface area contributed by atoms with Crippen LogP contribution in [0.4, 0.5) is 5.69 Å². The van der Waals surface area contributed by atoms with Crippen molar-refractivity contribution >= 4 is 18.1 Å². The zero-order valence-electron chi connectivity index (χ0n) is 17.7. The SMILES string of the molecule is CN1CCC(N(C)c2ccccc2CN2C[C@@H](N)[C@H](c3ccccc3)C2)CC1.Cl. The predicted octanol–water partition coefficient (Wildman–Crippen LogP) is 3.57. The van der Waals surface area contributed by atoms with Gasteiger partial charge in [0.05, 0.1) is 0 Å². The Morgan fingerprint density at radius 2 is 1.62 bits per heavy atom. The number of hydrogen-bond donors (Lipinski definition) is 1. The lowest BCUT2D eigenvalue weighted by Gasteiger charge is -2.37. The van der Waals surface area contributed by atoms with Crippen LogP contribution in [0.3, 0.4) is 0 Å². The van der Waals surface area contributed by atoms with Gasteiger partial charge in [0.2, 0.25) is 0 Å². The summed E-state index contributed by atoms with van der Waals surface area (Å²) in [5.74, 6) is 0.431. The van der Waals surface area contributed by atoms with Crippen molar-refractivity contribution in [2.24, 2.45) is 5.73 Å². The Labute approximate surface area is 182 Å². The van der Waals surface area contributed by atoms with Crippen molar-refractivity contribution in [3.05, 3.63) is 65.7 Å². The Hall–Kier alpha value is -1.59. The molecular formula is C24H35ClN4. The normalized spacial score (nSPS) is 23.7. The van der Waals surface area contributed by atoms with Gasteiger partial charge in [-0.3, -0.25) is 4.90 Å². The molecule has 0 saturated carbocycles. The predicted molar refractivity (Wildman–Crippen MR) is 125 cm³/mol. The Morgan fingerprint density at radius 3 is 2.34 bits per heavy atom. The number of halogens is 1. The molecule has 2 aromatic rings. The topological polar surface area (TPSA) is 35.7 Å². The second-order valence-electron chi connectivity index (χ2n) is 8.65. The van der Waals surface area contributed by atoms with Gasteiger partial charge >= 0.3 is 0 Å². The summed E-state index contributed by atoms with van der Waals surface area (Å²) in [6.45, 7) is 5.36. The number of rotatable bonds is 5. The van der Waals surface area contributed by atoms with Gasteiger partial charge in [-0.1, -0.05) is 48.5 Å². The summed E-state index contributed by atoms with van der Waals surface area (Å²) in [6, 6.07) is 20.5. The van der Waals surface area contributed by atoms with Crippen LogP contribution in [0.15, 0.2) is 54.6 Å². The minimum absolute atomic E-state index is 0.